The maximum Gasteiger partial charge on any atom is 0.355 e. The van der Waals surface area contributed by atoms with Crippen molar-refractivity contribution in [3.8, 4) is 0 Å². The van der Waals surface area contributed by atoms with Gasteiger partial charge in [-0.25, -0.2) is 4.79 Å². The third kappa shape index (κ3) is 3.43. The second-order valence-electron chi connectivity index (χ2n) is 6.11. The van der Waals surface area contributed by atoms with Gasteiger partial charge in [-0.05, 0) is 40.8 Å². The monoisotopic (exact) mass is 473 g/mol. The van der Waals surface area contributed by atoms with Crippen LogP contribution in [0, 0.1) is 0 Å². The van der Waals surface area contributed by atoms with E-state index in [1.165, 1.54) is 11.8 Å². The standard InChI is InChI=1S/C19H13BrClN5O3/c1-29-18(28)15-14(17(27)10-6-8-11(20)9-7-10)16(12-4-2-3-5-13(12)21)26-19(22-15)23-24-25-26/h2-9,16H,1H3,(H,22,23,25)/t16-/m0/s1. The molecule has 29 heavy (non-hydrogen) atoms. The summed E-state index contributed by atoms with van der Waals surface area (Å²) in [5.41, 5.74) is 1.06. The van der Waals surface area contributed by atoms with Gasteiger partial charge in [0, 0.05) is 20.6 Å². The number of ketones is 1. The molecule has 0 bridgehead atoms. The number of anilines is 1. The second-order valence-corrected chi connectivity index (χ2v) is 7.44. The molecule has 0 fully saturated rings. The molecular weight excluding hydrogens is 462 g/mol. The number of carbonyl (C=O) groups is 2. The van der Waals surface area contributed by atoms with Gasteiger partial charge in [0.1, 0.15) is 11.7 Å². The van der Waals surface area contributed by atoms with E-state index in [0.29, 0.717) is 16.1 Å². The van der Waals surface area contributed by atoms with Gasteiger partial charge in [0.25, 0.3) is 0 Å². The molecule has 0 amide bonds. The number of hydrogen-bond donors (Lipinski definition) is 1. The Balaban J connectivity index is 1.97. The predicted molar refractivity (Wildman–Crippen MR) is 109 cm³/mol. The van der Waals surface area contributed by atoms with E-state index < -0.39 is 12.0 Å². The number of allylic oxidation sites excluding steroid dienone is 1. The Morgan fingerprint density at radius 1 is 1.17 bits per heavy atom. The topological polar surface area (TPSA) is 99.0 Å². The molecule has 1 aliphatic rings. The number of hydrogen-bond acceptors (Lipinski definition) is 7. The van der Waals surface area contributed by atoms with Crippen LogP contribution in [-0.2, 0) is 9.53 Å². The molecule has 0 aliphatic carbocycles. The van der Waals surface area contributed by atoms with Gasteiger partial charge in [-0.2, -0.15) is 4.68 Å². The van der Waals surface area contributed by atoms with Crippen LogP contribution >= 0.6 is 27.5 Å². The maximum atomic E-state index is 13.5. The zero-order valence-corrected chi connectivity index (χ0v) is 17.3. The van der Waals surface area contributed by atoms with Crippen molar-refractivity contribution in [3.63, 3.8) is 0 Å². The van der Waals surface area contributed by atoms with Gasteiger partial charge < -0.3 is 10.1 Å². The summed E-state index contributed by atoms with van der Waals surface area (Å²) < 4.78 is 7.14. The highest BCUT2D eigenvalue weighted by atomic mass is 79.9. The molecule has 8 nitrogen and oxygen atoms in total. The van der Waals surface area contributed by atoms with Crippen LogP contribution in [0.25, 0.3) is 0 Å². The summed E-state index contributed by atoms with van der Waals surface area (Å²) >= 11 is 9.78. The molecule has 0 radical (unpaired) electrons. The van der Waals surface area contributed by atoms with Crippen molar-refractivity contribution in [2.24, 2.45) is 0 Å². The molecule has 0 unspecified atom stereocenters. The van der Waals surface area contributed by atoms with E-state index in [1.807, 2.05) is 0 Å². The number of nitrogens with one attached hydrogen (secondary N) is 1. The molecule has 3 aromatic rings. The van der Waals surface area contributed by atoms with Crippen molar-refractivity contribution in [2.75, 3.05) is 12.4 Å². The normalized spacial score (nSPS) is 15.5. The number of aromatic nitrogens is 4. The highest BCUT2D eigenvalue weighted by molar-refractivity contribution is 9.10. The minimum absolute atomic E-state index is 0.0346. The SMILES string of the molecule is COC(=O)C1=C(C(=O)c2ccc(Br)cc2)[C@H](c2ccccc2Cl)n2nnnc2N1. The van der Waals surface area contributed by atoms with Crippen molar-refractivity contribution in [3.05, 3.63) is 80.4 Å². The summed E-state index contributed by atoms with van der Waals surface area (Å²) in [6, 6.07) is 13.0. The molecule has 0 spiro atoms. The summed E-state index contributed by atoms with van der Waals surface area (Å²) in [5, 5.41) is 14.8. The van der Waals surface area contributed by atoms with E-state index in [0.717, 1.165) is 4.47 Å². The van der Waals surface area contributed by atoms with E-state index in [2.05, 4.69) is 36.8 Å². The first-order chi connectivity index (χ1) is 14.0. The van der Waals surface area contributed by atoms with Crippen molar-refractivity contribution in [2.45, 2.75) is 6.04 Å². The number of ether oxygens (including phenoxy) is 1. The lowest BCUT2D eigenvalue weighted by Gasteiger charge is -2.28. The first-order valence-electron chi connectivity index (χ1n) is 8.43. The molecule has 1 N–H and O–H groups in total. The van der Waals surface area contributed by atoms with Crippen LogP contribution in [0.15, 0.2) is 64.3 Å². The average molecular weight is 475 g/mol. The molecule has 0 saturated carbocycles. The fourth-order valence-electron chi connectivity index (χ4n) is 3.13. The molecule has 0 saturated heterocycles. The molecule has 4 rings (SSSR count). The molecule has 2 aromatic carbocycles. The third-order valence-corrected chi connectivity index (χ3v) is 5.33. The Morgan fingerprint density at radius 3 is 2.59 bits per heavy atom. The summed E-state index contributed by atoms with van der Waals surface area (Å²) in [6.07, 6.45) is 0. The fourth-order valence-corrected chi connectivity index (χ4v) is 3.63. The average Bonchev–Trinajstić information content (AvgIpc) is 3.21. The van der Waals surface area contributed by atoms with Crippen LogP contribution in [0.1, 0.15) is 22.0 Å². The molecule has 146 valence electrons. The summed E-state index contributed by atoms with van der Waals surface area (Å²) in [7, 11) is 1.24. The number of Topliss-reactive ketones (excluding diaryl/α,β-unsaturated/α-hetero) is 1. The van der Waals surface area contributed by atoms with Crippen molar-refractivity contribution in [1.82, 2.24) is 20.2 Å². The largest absolute Gasteiger partial charge is 0.464 e. The maximum absolute atomic E-state index is 13.5. The van der Waals surface area contributed by atoms with E-state index in [-0.39, 0.29) is 23.0 Å². The first kappa shape index (κ1) is 19.3. The zero-order chi connectivity index (χ0) is 20.5. The molecule has 1 aliphatic heterocycles. The molecule has 1 atom stereocenters. The Morgan fingerprint density at radius 2 is 1.90 bits per heavy atom. The van der Waals surface area contributed by atoms with Crippen molar-refractivity contribution in [1.29, 1.82) is 0 Å². The number of tetrazole rings is 1. The van der Waals surface area contributed by atoms with Gasteiger partial charge in [0.05, 0.1) is 12.7 Å². The van der Waals surface area contributed by atoms with Crippen LogP contribution in [0.3, 0.4) is 0 Å². The van der Waals surface area contributed by atoms with Gasteiger partial charge in [-0.15, -0.1) is 0 Å². The van der Waals surface area contributed by atoms with E-state index >= 15 is 0 Å². The van der Waals surface area contributed by atoms with Crippen LogP contribution in [0.5, 0.6) is 0 Å². The predicted octanol–water partition coefficient (Wildman–Crippen LogP) is 3.41. The Bertz CT molecular complexity index is 1140. The van der Waals surface area contributed by atoms with Gasteiger partial charge >= 0.3 is 5.97 Å². The summed E-state index contributed by atoms with van der Waals surface area (Å²) in [4.78, 5) is 26.1. The van der Waals surface area contributed by atoms with Crippen LogP contribution < -0.4 is 5.32 Å². The van der Waals surface area contributed by atoms with Gasteiger partial charge in [-0.1, -0.05) is 50.8 Å². The number of nitrogens with zero attached hydrogens (tertiary/aromatic N) is 4. The number of benzene rings is 2. The zero-order valence-electron chi connectivity index (χ0n) is 15.0. The number of carbonyl (C=O) groups excluding carboxylic acids is 2. The Hall–Kier alpha value is -3.04. The van der Waals surface area contributed by atoms with Crippen LogP contribution in [-0.4, -0.2) is 39.1 Å². The number of halogens is 2. The number of rotatable bonds is 4. The lowest BCUT2D eigenvalue weighted by atomic mass is 9.89. The lowest BCUT2D eigenvalue weighted by molar-refractivity contribution is -0.136. The van der Waals surface area contributed by atoms with Crippen molar-refractivity contribution >= 4 is 45.2 Å². The summed E-state index contributed by atoms with van der Waals surface area (Å²) in [5.74, 6) is -0.893. The fraction of sp³-hybridized carbons (Fsp3) is 0.105. The molecule has 10 heteroatoms. The number of fused-ring (bicyclic) bond motifs is 1. The van der Waals surface area contributed by atoms with Gasteiger partial charge in [0.15, 0.2) is 5.78 Å². The van der Waals surface area contributed by atoms with E-state index in [4.69, 9.17) is 16.3 Å². The van der Waals surface area contributed by atoms with Crippen LogP contribution in [0.4, 0.5) is 5.95 Å². The minimum Gasteiger partial charge on any atom is -0.464 e. The molecule has 2 heterocycles. The first-order valence-corrected chi connectivity index (χ1v) is 9.60. The smallest absolute Gasteiger partial charge is 0.355 e. The summed E-state index contributed by atoms with van der Waals surface area (Å²) in [6.45, 7) is 0. The minimum atomic E-state index is -0.819. The molecule has 1 aromatic heterocycles. The highest BCUT2D eigenvalue weighted by Gasteiger charge is 2.39. The lowest BCUT2D eigenvalue weighted by Crippen LogP contribution is -2.33. The van der Waals surface area contributed by atoms with Crippen LogP contribution in [0.2, 0.25) is 5.02 Å². The van der Waals surface area contributed by atoms with Gasteiger partial charge in [-0.3, -0.25) is 4.79 Å². The van der Waals surface area contributed by atoms with Gasteiger partial charge in [0.2, 0.25) is 5.95 Å². The van der Waals surface area contributed by atoms with E-state index in [9.17, 15) is 9.59 Å². The van der Waals surface area contributed by atoms with E-state index in [1.54, 1.807) is 48.5 Å². The second kappa shape index (κ2) is 7.76. The Labute approximate surface area is 178 Å². The number of methoxy groups -OCH3 is 1. The third-order valence-electron chi connectivity index (χ3n) is 4.46. The highest BCUT2D eigenvalue weighted by Crippen LogP contribution is 2.39. The van der Waals surface area contributed by atoms with Crippen molar-refractivity contribution < 1.29 is 14.3 Å². The number of esters is 1. The quantitative estimate of drug-likeness (QED) is 0.457. The Kier molecular flexibility index (Phi) is 5.16. The molecular formula is C19H13BrClN5O3.